The number of benzene rings is 1. The molecule has 0 saturated carbocycles. The Morgan fingerprint density at radius 3 is 2.32 bits per heavy atom. The van der Waals surface area contributed by atoms with E-state index in [4.69, 9.17) is 0 Å². The molecule has 1 aromatic carbocycles. The van der Waals surface area contributed by atoms with E-state index in [0.717, 1.165) is 31.6 Å². The molecule has 5 nitrogen and oxygen atoms in total. The normalized spacial score (nSPS) is 15.4. The lowest BCUT2D eigenvalue weighted by Gasteiger charge is -2.21. The van der Waals surface area contributed by atoms with Crippen LogP contribution >= 0.6 is 0 Å². The molecule has 5 heteroatoms. The molecule has 1 aromatic rings. The quantitative estimate of drug-likeness (QED) is 0.761. The molecule has 0 aliphatic carbocycles. The molecule has 0 atom stereocenters. The van der Waals surface area contributed by atoms with Gasteiger partial charge in [0.15, 0.2) is 0 Å². The van der Waals surface area contributed by atoms with E-state index in [0.29, 0.717) is 13.0 Å². The fraction of sp³-hybridized carbons (Fsp3) is 0.600. The summed E-state index contributed by atoms with van der Waals surface area (Å²) in [4.78, 5) is 25.9. The molecular formula is C20H31N3O2. The topological polar surface area (TPSA) is 61.4 Å². The minimum atomic E-state index is -0.144. The predicted molar refractivity (Wildman–Crippen MR) is 100.0 cm³/mol. The van der Waals surface area contributed by atoms with Gasteiger partial charge < -0.3 is 10.6 Å². The van der Waals surface area contributed by atoms with Crippen LogP contribution < -0.4 is 10.6 Å². The molecule has 0 spiro atoms. The van der Waals surface area contributed by atoms with Crippen LogP contribution in [0.4, 0.5) is 0 Å². The highest BCUT2D eigenvalue weighted by Crippen LogP contribution is 2.16. The van der Waals surface area contributed by atoms with Gasteiger partial charge in [-0.15, -0.1) is 0 Å². The first kappa shape index (κ1) is 19.4. The number of likely N-dealkylation sites (tertiary alicyclic amines) is 1. The van der Waals surface area contributed by atoms with Crippen molar-refractivity contribution in [3.8, 4) is 0 Å². The third-order valence-electron chi connectivity index (χ3n) is 4.61. The van der Waals surface area contributed by atoms with Crippen molar-refractivity contribution in [2.75, 3.05) is 19.6 Å². The minimum absolute atomic E-state index is 0.0487. The van der Waals surface area contributed by atoms with Gasteiger partial charge in [0.05, 0.1) is 6.54 Å². The first-order valence-electron chi connectivity index (χ1n) is 9.51. The molecule has 2 amide bonds. The van der Waals surface area contributed by atoms with Crippen molar-refractivity contribution in [2.45, 2.75) is 58.5 Å². The third kappa shape index (κ3) is 7.26. The van der Waals surface area contributed by atoms with Crippen LogP contribution in [-0.4, -0.2) is 36.3 Å². The molecule has 1 aliphatic heterocycles. The average Bonchev–Trinajstić information content (AvgIpc) is 2.88. The SMILES string of the molecule is CCCC(=O)NCC(=O)NCc1ccccc1CN1CCCCCC1. The van der Waals surface area contributed by atoms with Gasteiger partial charge in [0.25, 0.3) is 0 Å². The number of amides is 2. The fourth-order valence-electron chi connectivity index (χ4n) is 3.17. The molecule has 1 aliphatic rings. The number of hydrogen-bond acceptors (Lipinski definition) is 3. The molecule has 1 heterocycles. The van der Waals surface area contributed by atoms with Crippen LogP contribution in [0.5, 0.6) is 0 Å². The second kappa shape index (κ2) is 10.9. The predicted octanol–water partition coefficient (Wildman–Crippen LogP) is 2.60. The van der Waals surface area contributed by atoms with Crippen LogP contribution in [0, 0.1) is 0 Å². The van der Waals surface area contributed by atoms with Crippen LogP contribution in [0.1, 0.15) is 56.6 Å². The van der Waals surface area contributed by atoms with Crippen molar-refractivity contribution in [1.82, 2.24) is 15.5 Å². The van der Waals surface area contributed by atoms with E-state index >= 15 is 0 Å². The Kier molecular flexibility index (Phi) is 8.46. The lowest BCUT2D eigenvalue weighted by molar-refractivity contribution is -0.126. The van der Waals surface area contributed by atoms with Crippen molar-refractivity contribution >= 4 is 11.8 Å². The maximum Gasteiger partial charge on any atom is 0.239 e. The Bertz CT molecular complexity index is 552. The Morgan fingerprint density at radius 2 is 1.64 bits per heavy atom. The van der Waals surface area contributed by atoms with Gasteiger partial charge in [0.1, 0.15) is 0 Å². The monoisotopic (exact) mass is 345 g/mol. The highest BCUT2D eigenvalue weighted by Gasteiger charge is 2.12. The van der Waals surface area contributed by atoms with Gasteiger partial charge in [0.2, 0.25) is 11.8 Å². The molecule has 2 N–H and O–H groups in total. The average molecular weight is 345 g/mol. The summed E-state index contributed by atoms with van der Waals surface area (Å²) in [5.41, 5.74) is 2.43. The van der Waals surface area contributed by atoms with Crippen molar-refractivity contribution in [1.29, 1.82) is 0 Å². The van der Waals surface area contributed by atoms with E-state index < -0.39 is 0 Å². The first-order chi connectivity index (χ1) is 12.2. The van der Waals surface area contributed by atoms with Crippen LogP contribution in [-0.2, 0) is 22.7 Å². The Hall–Kier alpha value is -1.88. The summed E-state index contributed by atoms with van der Waals surface area (Å²) in [5, 5.41) is 5.56. The number of carbonyl (C=O) groups is 2. The van der Waals surface area contributed by atoms with Crippen LogP contribution in [0.15, 0.2) is 24.3 Å². The Morgan fingerprint density at radius 1 is 0.960 bits per heavy atom. The molecule has 2 rings (SSSR count). The summed E-state index contributed by atoms with van der Waals surface area (Å²) < 4.78 is 0. The third-order valence-corrected chi connectivity index (χ3v) is 4.61. The van der Waals surface area contributed by atoms with Crippen molar-refractivity contribution in [3.63, 3.8) is 0 Å². The van der Waals surface area contributed by atoms with Crippen molar-refractivity contribution in [2.24, 2.45) is 0 Å². The van der Waals surface area contributed by atoms with Gasteiger partial charge in [0, 0.05) is 19.5 Å². The van der Waals surface area contributed by atoms with E-state index in [1.807, 2.05) is 13.0 Å². The number of hydrogen-bond donors (Lipinski definition) is 2. The number of carbonyl (C=O) groups excluding carboxylic acids is 2. The van der Waals surface area contributed by atoms with Crippen LogP contribution in [0.3, 0.4) is 0 Å². The van der Waals surface area contributed by atoms with E-state index in [1.54, 1.807) is 0 Å². The maximum absolute atomic E-state index is 11.9. The molecule has 0 radical (unpaired) electrons. The molecule has 1 fully saturated rings. The summed E-state index contributed by atoms with van der Waals surface area (Å²) in [6.45, 7) is 5.76. The highest BCUT2D eigenvalue weighted by molar-refractivity contribution is 5.84. The second-order valence-electron chi connectivity index (χ2n) is 6.76. The fourth-order valence-corrected chi connectivity index (χ4v) is 3.17. The Labute approximate surface area is 151 Å². The van der Waals surface area contributed by atoms with E-state index in [1.165, 1.54) is 31.2 Å². The summed E-state index contributed by atoms with van der Waals surface area (Å²) in [6.07, 6.45) is 6.46. The van der Waals surface area contributed by atoms with Gasteiger partial charge in [-0.1, -0.05) is 44.0 Å². The minimum Gasteiger partial charge on any atom is -0.350 e. The zero-order valence-electron chi connectivity index (χ0n) is 15.4. The van der Waals surface area contributed by atoms with Gasteiger partial charge in [-0.25, -0.2) is 0 Å². The van der Waals surface area contributed by atoms with Gasteiger partial charge >= 0.3 is 0 Å². The van der Waals surface area contributed by atoms with Gasteiger partial charge in [-0.05, 0) is 43.5 Å². The van der Waals surface area contributed by atoms with E-state index in [2.05, 4.69) is 33.7 Å². The van der Waals surface area contributed by atoms with Crippen molar-refractivity contribution in [3.05, 3.63) is 35.4 Å². The zero-order chi connectivity index (χ0) is 17.9. The van der Waals surface area contributed by atoms with Crippen LogP contribution in [0.2, 0.25) is 0 Å². The molecule has 25 heavy (non-hydrogen) atoms. The summed E-state index contributed by atoms with van der Waals surface area (Å²) in [5.74, 6) is -0.215. The lowest BCUT2D eigenvalue weighted by atomic mass is 10.1. The number of nitrogens with zero attached hydrogens (tertiary/aromatic N) is 1. The lowest BCUT2D eigenvalue weighted by Crippen LogP contribution is -2.36. The molecule has 0 aromatic heterocycles. The number of nitrogens with one attached hydrogen (secondary N) is 2. The Balaban J connectivity index is 1.83. The molecule has 0 bridgehead atoms. The summed E-state index contributed by atoms with van der Waals surface area (Å²) in [6, 6.07) is 8.29. The largest absolute Gasteiger partial charge is 0.350 e. The molecule has 0 unspecified atom stereocenters. The number of rotatable bonds is 8. The maximum atomic E-state index is 11.9. The molecular weight excluding hydrogens is 314 g/mol. The second-order valence-corrected chi connectivity index (χ2v) is 6.76. The summed E-state index contributed by atoms with van der Waals surface area (Å²) >= 11 is 0. The van der Waals surface area contributed by atoms with Gasteiger partial charge in [-0.3, -0.25) is 14.5 Å². The van der Waals surface area contributed by atoms with Crippen LogP contribution in [0.25, 0.3) is 0 Å². The zero-order valence-corrected chi connectivity index (χ0v) is 15.4. The molecule has 1 saturated heterocycles. The highest BCUT2D eigenvalue weighted by atomic mass is 16.2. The first-order valence-corrected chi connectivity index (χ1v) is 9.51. The smallest absolute Gasteiger partial charge is 0.239 e. The standard InChI is InChI=1S/C20H31N3O2/c1-2-9-19(24)22-15-20(25)21-14-17-10-5-6-11-18(17)16-23-12-7-3-4-8-13-23/h5-6,10-11H,2-4,7-9,12-16H2,1H3,(H,21,25)(H,22,24). The summed E-state index contributed by atoms with van der Waals surface area (Å²) in [7, 11) is 0. The van der Waals surface area contributed by atoms with Crippen molar-refractivity contribution < 1.29 is 9.59 Å². The van der Waals surface area contributed by atoms with Gasteiger partial charge in [-0.2, -0.15) is 0 Å². The van der Waals surface area contributed by atoms with E-state index in [9.17, 15) is 9.59 Å². The van der Waals surface area contributed by atoms with E-state index in [-0.39, 0.29) is 18.4 Å². The molecule has 138 valence electrons.